The Bertz CT molecular complexity index is 880. The number of nitrogens with one attached hydrogen (secondary N) is 1. The van der Waals surface area contributed by atoms with Crippen LogP contribution in [0, 0.1) is 0 Å². The lowest BCUT2D eigenvalue weighted by molar-refractivity contribution is -0.113. The standard InChI is InChI=1S/C16H14Cl2N4OS2/c1-22-14(8-11-3-2-6-24-11)20-21-16(22)25-9-15(23)19-13-7-10(17)4-5-12(13)18/h2-7H,8-9H2,1H3,(H,19,23). The van der Waals surface area contributed by atoms with E-state index >= 15 is 0 Å². The molecule has 1 aromatic carbocycles. The van der Waals surface area contributed by atoms with Gasteiger partial charge in [-0.2, -0.15) is 0 Å². The molecule has 130 valence electrons. The number of anilines is 1. The van der Waals surface area contributed by atoms with Crippen LogP contribution >= 0.6 is 46.3 Å². The molecule has 0 aliphatic rings. The van der Waals surface area contributed by atoms with Crippen LogP contribution in [0.15, 0.2) is 40.9 Å². The minimum atomic E-state index is -0.183. The van der Waals surface area contributed by atoms with Crippen molar-refractivity contribution in [1.82, 2.24) is 14.8 Å². The Morgan fingerprint density at radius 1 is 1.32 bits per heavy atom. The summed E-state index contributed by atoms with van der Waals surface area (Å²) >= 11 is 15.0. The zero-order valence-corrected chi connectivity index (χ0v) is 16.3. The Kier molecular flexibility index (Phi) is 6.01. The van der Waals surface area contributed by atoms with Crippen molar-refractivity contribution in [3.05, 3.63) is 56.5 Å². The lowest BCUT2D eigenvalue weighted by Crippen LogP contribution is -2.14. The predicted molar refractivity (Wildman–Crippen MR) is 104 cm³/mol. The van der Waals surface area contributed by atoms with Crippen molar-refractivity contribution in [2.24, 2.45) is 7.05 Å². The van der Waals surface area contributed by atoms with E-state index in [0.29, 0.717) is 20.9 Å². The van der Waals surface area contributed by atoms with Crippen LogP contribution in [0.1, 0.15) is 10.7 Å². The maximum Gasteiger partial charge on any atom is 0.234 e. The molecule has 2 aromatic heterocycles. The van der Waals surface area contributed by atoms with Gasteiger partial charge >= 0.3 is 0 Å². The Balaban J connectivity index is 1.59. The lowest BCUT2D eigenvalue weighted by Gasteiger charge is -2.07. The van der Waals surface area contributed by atoms with Crippen molar-refractivity contribution in [3.8, 4) is 0 Å². The number of nitrogens with zero attached hydrogens (tertiary/aromatic N) is 3. The molecule has 0 fully saturated rings. The second-order valence-corrected chi connectivity index (χ2v) is 7.99. The molecule has 3 aromatic rings. The summed E-state index contributed by atoms with van der Waals surface area (Å²) in [6.45, 7) is 0. The van der Waals surface area contributed by atoms with Crippen molar-refractivity contribution in [2.75, 3.05) is 11.1 Å². The van der Waals surface area contributed by atoms with Crippen LogP contribution < -0.4 is 5.32 Å². The van der Waals surface area contributed by atoms with E-state index in [4.69, 9.17) is 23.2 Å². The second-order valence-electron chi connectivity index (χ2n) is 5.17. The fourth-order valence-corrected chi connectivity index (χ4v) is 3.87. The second kappa shape index (κ2) is 8.23. The Morgan fingerprint density at radius 2 is 2.16 bits per heavy atom. The van der Waals surface area contributed by atoms with Gasteiger partial charge < -0.3 is 9.88 Å². The third-order valence-electron chi connectivity index (χ3n) is 3.37. The first-order chi connectivity index (χ1) is 12.0. The van der Waals surface area contributed by atoms with Gasteiger partial charge in [0.1, 0.15) is 5.82 Å². The monoisotopic (exact) mass is 412 g/mol. The van der Waals surface area contributed by atoms with Crippen LogP contribution in [0.3, 0.4) is 0 Å². The highest BCUT2D eigenvalue weighted by Crippen LogP contribution is 2.26. The van der Waals surface area contributed by atoms with Gasteiger partial charge in [-0.25, -0.2) is 0 Å². The largest absolute Gasteiger partial charge is 0.324 e. The van der Waals surface area contributed by atoms with Crippen LogP contribution in [0.25, 0.3) is 0 Å². The van der Waals surface area contributed by atoms with Crippen molar-refractivity contribution in [2.45, 2.75) is 11.6 Å². The van der Waals surface area contributed by atoms with E-state index in [-0.39, 0.29) is 11.7 Å². The maximum absolute atomic E-state index is 12.1. The van der Waals surface area contributed by atoms with Crippen molar-refractivity contribution >= 4 is 57.9 Å². The third-order valence-corrected chi connectivity index (χ3v) is 5.83. The molecule has 5 nitrogen and oxygen atoms in total. The molecular weight excluding hydrogens is 399 g/mol. The maximum atomic E-state index is 12.1. The van der Waals surface area contributed by atoms with Gasteiger partial charge in [0.2, 0.25) is 5.91 Å². The molecule has 0 spiro atoms. The molecule has 0 bridgehead atoms. The molecule has 1 N–H and O–H groups in total. The molecule has 9 heteroatoms. The van der Waals surface area contributed by atoms with Gasteiger partial charge in [0.05, 0.1) is 16.5 Å². The van der Waals surface area contributed by atoms with E-state index in [9.17, 15) is 4.79 Å². The van der Waals surface area contributed by atoms with Crippen molar-refractivity contribution < 1.29 is 4.79 Å². The normalized spacial score (nSPS) is 10.8. The Morgan fingerprint density at radius 3 is 2.92 bits per heavy atom. The van der Waals surface area contributed by atoms with Crippen molar-refractivity contribution in [3.63, 3.8) is 0 Å². The highest BCUT2D eigenvalue weighted by molar-refractivity contribution is 7.99. The SMILES string of the molecule is Cn1c(Cc2cccs2)nnc1SCC(=O)Nc1cc(Cl)ccc1Cl. The van der Waals surface area contributed by atoms with E-state index in [1.807, 2.05) is 23.1 Å². The number of carbonyl (C=O) groups excluding carboxylic acids is 1. The molecule has 25 heavy (non-hydrogen) atoms. The average Bonchev–Trinajstić information content (AvgIpc) is 3.21. The number of aromatic nitrogens is 3. The fraction of sp³-hybridized carbons (Fsp3) is 0.188. The fourth-order valence-electron chi connectivity index (χ4n) is 2.10. The molecule has 0 aliphatic carbocycles. The van der Waals surface area contributed by atoms with E-state index in [1.54, 1.807) is 29.5 Å². The smallest absolute Gasteiger partial charge is 0.234 e. The number of hydrogen-bond donors (Lipinski definition) is 1. The molecule has 0 unspecified atom stereocenters. The zero-order chi connectivity index (χ0) is 17.8. The van der Waals surface area contributed by atoms with Crippen LogP contribution in [-0.4, -0.2) is 26.4 Å². The van der Waals surface area contributed by atoms with E-state index in [0.717, 1.165) is 12.2 Å². The van der Waals surface area contributed by atoms with E-state index in [2.05, 4.69) is 21.6 Å². The Hall–Kier alpha value is -1.54. The first kappa shape index (κ1) is 18.3. The summed E-state index contributed by atoms with van der Waals surface area (Å²) in [5.41, 5.74) is 0.496. The summed E-state index contributed by atoms with van der Waals surface area (Å²) in [6, 6.07) is 9.01. The molecular formula is C16H14Cl2N4OS2. The number of thioether (sulfide) groups is 1. The van der Waals surface area contributed by atoms with Gasteiger partial charge in [0.15, 0.2) is 5.16 Å². The molecule has 2 heterocycles. The predicted octanol–water partition coefficient (Wildman–Crippen LogP) is 4.51. The van der Waals surface area contributed by atoms with E-state index in [1.165, 1.54) is 16.6 Å². The minimum Gasteiger partial charge on any atom is -0.324 e. The first-order valence-electron chi connectivity index (χ1n) is 7.31. The third kappa shape index (κ3) is 4.76. The summed E-state index contributed by atoms with van der Waals surface area (Å²) in [5.74, 6) is 0.883. The van der Waals surface area contributed by atoms with Crippen LogP contribution in [0.5, 0.6) is 0 Å². The summed E-state index contributed by atoms with van der Waals surface area (Å²) in [6.07, 6.45) is 0.728. The molecule has 0 radical (unpaired) electrons. The molecule has 3 rings (SSSR count). The lowest BCUT2D eigenvalue weighted by atomic mass is 10.3. The Labute approximate surface area is 163 Å². The van der Waals surface area contributed by atoms with Gasteiger partial charge in [-0.05, 0) is 29.6 Å². The molecule has 0 atom stereocenters. The number of amides is 1. The summed E-state index contributed by atoms with van der Waals surface area (Å²) in [7, 11) is 1.90. The number of rotatable bonds is 6. The van der Waals surface area contributed by atoms with Gasteiger partial charge in [0, 0.05) is 23.4 Å². The highest BCUT2D eigenvalue weighted by Gasteiger charge is 2.13. The summed E-state index contributed by atoms with van der Waals surface area (Å²) in [5, 5.41) is 14.8. The number of benzene rings is 1. The highest BCUT2D eigenvalue weighted by atomic mass is 35.5. The molecule has 1 amide bonds. The van der Waals surface area contributed by atoms with Crippen molar-refractivity contribution in [1.29, 1.82) is 0 Å². The molecule has 0 aliphatic heterocycles. The van der Waals surface area contributed by atoms with Crippen LogP contribution in [0.4, 0.5) is 5.69 Å². The van der Waals surface area contributed by atoms with E-state index < -0.39 is 0 Å². The van der Waals surface area contributed by atoms with Gasteiger partial charge in [-0.15, -0.1) is 21.5 Å². The number of carbonyl (C=O) groups is 1. The zero-order valence-electron chi connectivity index (χ0n) is 13.2. The number of halogens is 2. The van der Waals surface area contributed by atoms with Gasteiger partial charge in [0.25, 0.3) is 0 Å². The number of thiophene rings is 1. The van der Waals surface area contributed by atoms with Gasteiger partial charge in [-0.1, -0.05) is 41.0 Å². The molecule has 0 saturated heterocycles. The quantitative estimate of drug-likeness (QED) is 0.605. The first-order valence-corrected chi connectivity index (χ1v) is 9.93. The number of hydrogen-bond acceptors (Lipinski definition) is 5. The average molecular weight is 413 g/mol. The topological polar surface area (TPSA) is 59.8 Å². The molecule has 0 saturated carbocycles. The van der Waals surface area contributed by atoms with Crippen LogP contribution in [0.2, 0.25) is 10.0 Å². The summed E-state index contributed by atoms with van der Waals surface area (Å²) in [4.78, 5) is 13.4. The van der Waals surface area contributed by atoms with Gasteiger partial charge in [-0.3, -0.25) is 4.79 Å². The van der Waals surface area contributed by atoms with Crippen LogP contribution in [-0.2, 0) is 18.3 Å². The summed E-state index contributed by atoms with van der Waals surface area (Å²) < 4.78 is 1.91. The minimum absolute atomic E-state index is 0.183.